The molecule has 1 heterocycles. The van der Waals surface area contributed by atoms with Gasteiger partial charge < -0.3 is 11.5 Å². The smallest absolute Gasteiger partial charge is 0.252 e. The summed E-state index contributed by atoms with van der Waals surface area (Å²) < 4.78 is 0. The van der Waals surface area contributed by atoms with Crippen LogP contribution in [0, 0.1) is 0 Å². The average molecular weight is 229 g/mol. The molecule has 0 saturated heterocycles. The van der Waals surface area contributed by atoms with Gasteiger partial charge in [-0.3, -0.25) is 4.79 Å². The fourth-order valence-electron chi connectivity index (χ4n) is 1.76. The summed E-state index contributed by atoms with van der Waals surface area (Å²) in [4.78, 5) is 15.4. The fraction of sp³-hybridized carbons (Fsp3) is 0.231. The Balaban J connectivity index is 2.66. The zero-order valence-corrected chi connectivity index (χ0v) is 9.90. The lowest BCUT2D eigenvalue weighted by Gasteiger charge is -2.08. The highest BCUT2D eigenvalue weighted by Gasteiger charge is 2.09. The van der Waals surface area contributed by atoms with Crippen LogP contribution in [0.1, 0.15) is 35.7 Å². The number of nitrogen functional groups attached to an aromatic ring is 1. The molecule has 0 spiro atoms. The highest BCUT2D eigenvalue weighted by atomic mass is 16.1. The Hall–Kier alpha value is -2.10. The van der Waals surface area contributed by atoms with E-state index in [1.54, 1.807) is 6.07 Å². The normalized spacial score (nSPS) is 11.0. The van der Waals surface area contributed by atoms with E-state index in [1.165, 1.54) is 5.56 Å². The number of hydrogen-bond acceptors (Lipinski definition) is 3. The third-order valence-corrected chi connectivity index (χ3v) is 2.80. The Morgan fingerprint density at radius 1 is 1.29 bits per heavy atom. The van der Waals surface area contributed by atoms with Crippen molar-refractivity contribution in [2.45, 2.75) is 19.8 Å². The molecule has 88 valence electrons. The summed E-state index contributed by atoms with van der Waals surface area (Å²) in [6, 6.07) is 7.63. The minimum atomic E-state index is -0.551. The van der Waals surface area contributed by atoms with Crippen LogP contribution in [-0.2, 0) is 0 Å². The van der Waals surface area contributed by atoms with Crippen LogP contribution in [0.3, 0.4) is 0 Å². The van der Waals surface area contributed by atoms with Gasteiger partial charge in [0.05, 0.1) is 11.1 Å². The Bertz CT molecular complexity index is 590. The molecular weight excluding hydrogens is 214 g/mol. The number of amides is 1. The summed E-state index contributed by atoms with van der Waals surface area (Å²) in [5.74, 6) is 0.0639. The third kappa shape index (κ3) is 2.06. The number of anilines is 1. The number of pyridine rings is 1. The number of benzene rings is 1. The van der Waals surface area contributed by atoms with Crippen LogP contribution in [0.5, 0.6) is 0 Å². The number of aromatic nitrogens is 1. The molecule has 1 aromatic carbocycles. The van der Waals surface area contributed by atoms with Crippen LogP contribution in [0.25, 0.3) is 10.9 Å². The fourth-order valence-corrected chi connectivity index (χ4v) is 1.76. The molecule has 0 aliphatic carbocycles. The van der Waals surface area contributed by atoms with E-state index in [0.717, 1.165) is 10.9 Å². The van der Waals surface area contributed by atoms with E-state index in [9.17, 15) is 4.79 Å². The first-order valence-corrected chi connectivity index (χ1v) is 5.49. The molecule has 1 aromatic heterocycles. The molecule has 4 nitrogen and oxygen atoms in total. The van der Waals surface area contributed by atoms with Crippen molar-refractivity contribution in [2.24, 2.45) is 5.73 Å². The van der Waals surface area contributed by atoms with Gasteiger partial charge in [-0.15, -0.1) is 0 Å². The van der Waals surface area contributed by atoms with E-state index in [2.05, 4.69) is 18.8 Å². The Morgan fingerprint density at radius 2 is 2.00 bits per heavy atom. The predicted octanol–water partition coefficient (Wildman–Crippen LogP) is 2.04. The largest absolute Gasteiger partial charge is 0.383 e. The first-order chi connectivity index (χ1) is 7.99. The van der Waals surface area contributed by atoms with Crippen LogP contribution < -0.4 is 11.5 Å². The molecule has 0 fully saturated rings. The quantitative estimate of drug-likeness (QED) is 0.826. The second kappa shape index (κ2) is 4.05. The van der Waals surface area contributed by atoms with E-state index in [1.807, 2.05) is 18.2 Å². The molecule has 2 aromatic rings. The monoisotopic (exact) mass is 229 g/mol. The van der Waals surface area contributed by atoms with Crippen LogP contribution in [0.4, 0.5) is 5.82 Å². The second-order valence-corrected chi connectivity index (χ2v) is 4.39. The lowest BCUT2D eigenvalue weighted by molar-refractivity contribution is 0.100. The number of carbonyl (C=O) groups excluding carboxylic acids is 1. The van der Waals surface area contributed by atoms with Gasteiger partial charge in [0.1, 0.15) is 5.82 Å². The molecule has 2 rings (SSSR count). The minimum absolute atomic E-state index is 0.186. The standard InChI is InChI=1S/C13H15N3O/c1-7(2)8-3-4-9-5-10(13(15)17)12(14)16-11(9)6-8/h3-7H,1-2H3,(H2,14,16)(H2,15,17). The topological polar surface area (TPSA) is 82.0 Å². The maximum Gasteiger partial charge on any atom is 0.252 e. The van der Waals surface area contributed by atoms with Crippen molar-refractivity contribution in [1.29, 1.82) is 0 Å². The summed E-state index contributed by atoms with van der Waals surface area (Å²) in [7, 11) is 0. The van der Waals surface area contributed by atoms with Crippen molar-refractivity contribution >= 4 is 22.6 Å². The number of rotatable bonds is 2. The summed E-state index contributed by atoms with van der Waals surface area (Å²) >= 11 is 0. The summed E-state index contributed by atoms with van der Waals surface area (Å²) in [5.41, 5.74) is 13.2. The molecule has 0 atom stereocenters. The van der Waals surface area contributed by atoms with Crippen LogP contribution in [0.15, 0.2) is 24.3 Å². The number of nitrogens with zero attached hydrogens (tertiary/aromatic N) is 1. The molecule has 4 N–H and O–H groups in total. The third-order valence-electron chi connectivity index (χ3n) is 2.80. The Labute approximate surface area is 99.6 Å². The molecule has 17 heavy (non-hydrogen) atoms. The van der Waals surface area contributed by atoms with E-state index < -0.39 is 5.91 Å². The molecule has 0 bridgehead atoms. The van der Waals surface area contributed by atoms with Gasteiger partial charge in [0, 0.05) is 5.39 Å². The lowest BCUT2D eigenvalue weighted by atomic mass is 10.0. The Morgan fingerprint density at radius 3 is 2.59 bits per heavy atom. The van der Waals surface area contributed by atoms with Gasteiger partial charge in [-0.05, 0) is 23.6 Å². The van der Waals surface area contributed by atoms with E-state index in [0.29, 0.717) is 5.92 Å². The highest BCUT2D eigenvalue weighted by molar-refractivity contribution is 6.00. The molecule has 0 unspecified atom stereocenters. The predicted molar refractivity (Wildman–Crippen MR) is 68.8 cm³/mol. The zero-order chi connectivity index (χ0) is 12.6. The van der Waals surface area contributed by atoms with Gasteiger partial charge in [0.15, 0.2) is 0 Å². The molecule has 1 amide bonds. The number of fused-ring (bicyclic) bond motifs is 1. The van der Waals surface area contributed by atoms with Crippen molar-refractivity contribution in [3.05, 3.63) is 35.4 Å². The minimum Gasteiger partial charge on any atom is -0.383 e. The van der Waals surface area contributed by atoms with Crippen molar-refractivity contribution in [3.8, 4) is 0 Å². The van der Waals surface area contributed by atoms with Gasteiger partial charge in [-0.2, -0.15) is 0 Å². The molecule has 0 saturated carbocycles. The van der Waals surface area contributed by atoms with Crippen LogP contribution in [-0.4, -0.2) is 10.9 Å². The molecule has 4 heteroatoms. The van der Waals surface area contributed by atoms with Crippen molar-refractivity contribution in [3.63, 3.8) is 0 Å². The summed E-state index contributed by atoms with van der Waals surface area (Å²) in [6.07, 6.45) is 0. The molecule has 0 aliphatic rings. The van der Waals surface area contributed by atoms with Crippen molar-refractivity contribution < 1.29 is 4.79 Å². The van der Waals surface area contributed by atoms with Gasteiger partial charge >= 0.3 is 0 Å². The zero-order valence-electron chi connectivity index (χ0n) is 9.90. The van der Waals surface area contributed by atoms with Gasteiger partial charge in [-0.1, -0.05) is 26.0 Å². The second-order valence-electron chi connectivity index (χ2n) is 4.39. The number of primary amides is 1. The number of hydrogen-bond donors (Lipinski definition) is 2. The maximum absolute atomic E-state index is 11.1. The SMILES string of the molecule is CC(C)c1ccc2cc(C(N)=O)c(N)nc2c1. The lowest BCUT2D eigenvalue weighted by Crippen LogP contribution is -2.14. The maximum atomic E-state index is 11.1. The van der Waals surface area contributed by atoms with Crippen molar-refractivity contribution in [1.82, 2.24) is 4.98 Å². The van der Waals surface area contributed by atoms with E-state index >= 15 is 0 Å². The number of carbonyl (C=O) groups is 1. The van der Waals surface area contributed by atoms with Crippen molar-refractivity contribution in [2.75, 3.05) is 5.73 Å². The van der Waals surface area contributed by atoms with E-state index in [4.69, 9.17) is 11.5 Å². The van der Waals surface area contributed by atoms with E-state index in [-0.39, 0.29) is 11.4 Å². The highest BCUT2D eigenvalue weighted by Crippen LogP contribution is 2.22. The van der Waals surface area contributed by atoms with Gasteiger partial charge in [0.2, 0.25) is 0 Å². The average Bonchev–Trinajstić information content (AvgIpc) is 2.26. The van der Waals surface area contributed by atoms with Gasteiger partial charge in [0.25, 0.3) is 5.91 Å². The van der Waals surface area contributed by atoms with Crippen LogP contribution in [0.2, 0.25) is 0 Å². The Kier molecular flexibility index (Phi) is 2.71. The molecule has 0 radical (unpaired) electrons. The number of nitrogens with two attached hydrogens (primary N) is 2. The first kappa shape index (κ1) is 11.4. The van der Waals surface area contributed by atoms with Crippen LogP contribution >= 0.6 is 0 Å². The summed E-state index contributed by atoms with van der Waals surface area (Å²) in [6.45, 7) is 4.23. The molecular formula is C13H15N3O. The first-order valence-electron chi connectivity index (χ1n) is 5.49. The van der Waals surface area contributed by atoms with Gasteiger partial charge in [-0.25, -0.2) is 4.98 Å². The molecule has 0 aliphatic heterocycles. The summed E-state index contributed by atoms with van der Waals surface area (Å²) in [5, 5.41) is 0.873.